The summed E-state index contributed by atoms with van der Waals surface area (Å²) in [6, 6.07) is 6.47. The van der Waals surface area contributed by atoms with E-state index in [1.807, 2.05) is 4.90 Å². The maximum absolute atomic E-state index is 11.6. The van der Waals surface area contributed by atoms with Gasteiger partial charge < -0.3 is 14.5 Å². The molecule has 3 heterocycles. The molecule has 1 aliphatic carbocycles. The number of ether oxygens (including phenoxy) is 1. The number of rotatable bonds is 5. The second-order valence-electron chi connectivity index (χ2n) is 9.31. The summed E-state index contributed by atoms with van der Waals surface area (Å²) >= 11 is 0. The number of nitrogens with zero attached hydrogens (tertiary/aromatic N) is 5. The fourth-order valence-electron chi connectivity index (χ4n) is 5.30. The maximum atomic E-state index is 11.6. The number of fused-ring (bicyclic) bond motifs is 1. The fourth-order valence-corrected chi connectivity index (χ4v) is 5.30. The van der Waals surface area contributed by atoms with Gasteiger partial charge in [-0.25, -0.2) is 9.97 Å². The van der Waals surface area contributed by atoms with Crippen molar-refractivity contribution in [2.75, 3.05) is 50.7 Å². The van der Waals surface area contributed by atoms with Crippen LogP contribution in [0.3, 0.4) is 0 Å². The van der Waals surface area contributed by atoms with Gasteiger partial charge in [0, 0.05) is 58.4 Å². The normalized spacial score (nSPS) is 23.1. The molecule has 3 aliphatic rings. The van der Waals surface area contributed by atoms with Crippen LogP contribution in [0.4, 0.5) is 5.69 Å². The molecule has 2 saturated heterocycles. The lowest BCUT2D eigenvalue weighted by molar-refractivity contribution is -0.127. The molecule has 2 aliphatic heterocycles. The summed E-state index contributed by atoms with van der Waals surface area (Å²) in [5, 5.41) is 1.02. The SMILES string of the molecule is CC(=O)N1CCC(CN2CCN(c3ccc4ncnc(OC5CCCC5)c4c3)CC2)C1. The van der Waals surface area contributed by atoms with E-state index in [0.717, 1.165) is 81.9 Å². The zero-order valence-electron chi connectivity index (χ0n) is 18.5. The highest BCUT2D eigenvalue weighted by Crippen LogP contribution is 2.30. The highest BCUT2D eigenvalue weighted by atomic mass is 16.5. The average Bonchev–Trinajstić information content (AvgIpc) is 3.47. The molecule has 7 nitrogen and oxygen atoms in total. The molecule has 0 bridgehead atoms. The molecule has 5 rings (SSSR count). The summed E-state index contributed by atoms with van der Waals surface area (Å²) in [7, 11) is 0. The van der Waals surface area contributed by atoms with Crippen molar-refractivity contribution in [1.82, 2.24) is 19.8 Å². The number of likely N-dealkylation sites (tertiary alicyclic amines) is 1. The molecule has 1 amide bonds. The largest absolute Gasteiger partial charge is 0.474 e. The fraction of sp³-hybridized carbons (Fsp3) is 0.625. The third kappa shape index (κ3) is 4.61. The van der Waals surface area contributed by atoms with E-state index in [1.54, 1.807) is 13.3 Å². The number of aromatic nitrogens is 2. The number of benzene rings is 1. The highest BCUT2D eigenvalue weighted by Gasteiger charge is 2.27. The first kappa shape index (κ1) is 20.5. The van der Waals surface area contributed by atoms with Gasteiger partial charge in [-0.3, -0.25) is 9.69 Å². The van der Waals surface area contributed by atoms with E-state index < -0.39 is 0 Å². The average molecular weight is 424 g/mol. The van der Waals surface area contributed by atoms with Crippen LogP contribution < -0.4 is 9.64 Å². The Morgan fingerprint density at radius 3 is 2.61 bits per heavy atom. The van der Waals surface area contributed by atoms with Gasteiger partial charge in [0.15, 0.2) is 0 Å². The van der Waals surface area contributed by atoms with Crippen molar-refractivity contribution in [3.05, 3.63) is 24.5 Å². The van der Waals surface area contributed by atoms with Gasteiger partial charge in [-0.05, 0) is 56.2 Å². The standard InChI is InChI=1S/C24H33N5O2/c1-18(30)29-9-8-19(16-29)15-27-10-12-28(13-11-27)20-6-7-23-22(14-20)24(26-17-25-23)31-21-4-2-3-5-21/h6-7,14,17,19,21H,2-5,8-13,15-16H2,1H3. The molecule has 1 saturated carbocycles. The molecule has 7 heteroatoms. The molecule has 1 atom stereocenters. The van der Waals surface area contributed by atoms with Crippen molar-refractivity contribution >= 4 is 22.5 Å². The zero-order valence-corrected chi connectivity index (χ0v) is 18.5. The molecule has 3 fully saturated rings. The Kier molecular flexibility index (Phi) is 5.94. The van der Waals surface area contributed by atoms with E-state index in [1.165, 1.54) is 18.5 Å². The smallest absolute Gasteiger partial charge is 0.224 e. The molecule has 0 radical (unpaired) electrons. The predicted molar refractivity (Wildman–Crippen MR) is 121 cm³/mol. The lowest BCUT2D eigenvalue weighted by Gasteiger charge is -2.37. The number of hydrogen-bond donors (Lipinski definition) is 0. The lowest BCUT2D eigenvalue weighted by atomic mass is 10.1. The molecular weight excluding hydrogens is 390 g/mol. The van der Waals surface area contributed by atoms with Gasteiger partial charge in [-0.2, -0.15) is 0 Å². The molecule has 166 valence electrons. The number of piperazine rings is 1. The molecule has 0 N–H and O–H groups in total. The highest BCUT2D eigenvalue weighted by molar-refractivity contribution is 5.86. The van der Waals surface area contributed by atoms with E-state index >= 15 is 0 Å². The van der Waals surface area contributed by atoms with Crippen LogP contribution in [0.15, 0.2) is 24.5 Å². The van der Waals surface area contributed by atoms with Gasteiger partial charge in [0.05, 0.1) is 10.9 Å². The molecular formula is C24H33N5O2. The quantitative estimate of drug-likeness (QED) is 0.737. The van der Waals surface area contributed by atoms with Gasteiger partial charge in [-0.15, -0.1) is 0 Å². The molecule has 31 heavy (non-hydrogen) atoms. The number of amides is 1. The number of carbonyl (C=O) groups excluding carboxylic acids is 1. The Bertz CT molecular complexity index is 921. The third-order valence-corrected chi connectivity index (χ3v) is 7.15. The van der Waals surface area contributed by atoms with Crippen LogP contribution in [-0.4, -0.2) is 77.6 Å². The third-order valence-electron chi connectivity index (χ3n) is 7.15. The van der Waals surface area contributed by atoms with Gasteiger partial charge in [-0.1, -0.05) is 0 Å². The van der Waals surface area contributed by atoms with Crippen LogP contribution >= 0.6 is 0 Å². The number of hydrogen-bond acceptors (Lipinski definition) is 6. The van der Waals surface area contributed by atoms with Crippen LogP contribution in [0, 0.1) is 5.92 Å². The summed E-state index contributed by atoms with van der Waals surface area (Å²) < 4.78 is 6.24. The van der Waals surface area contributed by atoms with Crippen LogP contribution in [0.5, 0.6) is 5.88 Å². The molecule has 0 spiro atoms. The van der Waals surface area contributed by atoms with Crippen molar-refractivity contribution < 1.29 is 9.53 Å². The number of anilines is 1. The Balaban J connectivity index is 1.22. The summed E-state index contributed by atoms with van der Waals surface area (Å²) in [6.07, 6.45) is 7.78. The maximum Gasteiger partial charge on any atom is 0.224 e. The van der Waals surface area contributed by atoms with Crippen molar-refractivity contribution in [3.63, 3.8) is 0 Å². The van der Waals surface area contributed by atoms with Crippen LogP contribution in [0.1, 0.15) is 39.0 Å². The zero-order chi connectivity index (χ0) is 21.2. The Morgan fingerprint density at radius 2 is 1.87 bits per heavy atom. The van der Waals surface area contributed by atoms with Crippen molar-refractivity contribution in [3.8, 4) is 5.88 Å². The van der Waals surface area contributed by atoms with E-state index in [9.17, 15) is 4.79 Å². The number of carbonyl (C=O) groups is 1. The van der Waals surface area contributed by atoms with E-state index in [-0.39, 0.29) is 5.91 Å². The molecule has 1 aromatic heterocycles. The lowest BCUT2D eigenvalue weighted by Crippen LogP contribution is -2.48. The first-order chi connectivity index (χ1) is 15.2. The van der Waals surface area contributed by atoms with Crippen molar-refractivity contribution in [2.24, 2.45) is 5.92 Å². The van der Waals surface area contributed by atoms with Crippen molar-refractivity contribution in [2.45, 2.75) is 45.1 Å². The van der Waals surface area contributed by atoms with Gasteiger partial charge >= 0.3 is 0 Å². The van der Waals surface area contributed by atoms with Crippen LogP contribution in [0.2, 0.25) is 0 Å². The summed E-state index contributed by atoms with van der Waals surface area (Å²) in [5.74, 6) is 1.56. The first-order valence-corrected chi connectivity index (χ1v) is 11.8. The minimum absolute atomic E-state index is 0.212. The minimum atomic E-state index is 0.212. The minimum Gasteiger partial charge on any atom is -0.474 e. The second-order valence-corrected chi connectivity index (χ2v) is 9.31. The van der Waals surface area contributed by atoms with Gasteiger partial charge in [0.25, 0.3) is 0 Å². The Hall–Kier alpha value is -2.41. The van der Waals surface area contributed by atoms with E-state index in [0.29, 0.717) is 12.0 Å². The monoisotopic (exact) mass is 423 g/mol. The van der Waals surface area contributed by atoms with E-state index in [2.05, 4.69) is 38.0 Å². The summed E-state index contributed by atoms with van der Waals surface area (Å²) in [6.45, 7) is 8.77. The van der Waals surface area contributed by atoms with E-state index in [4.69, 9.17) is 4.74 Å². The van der Waals surface area contributed by atoms with Crippen LogP contribution in [0.25, 0.3) is 10.9 Å². The summed E-state index contributed by atoms with van der Waals surface area (Å²) in [4.78, 5) is 27.5. The Labute approximate surface area is 184 Å². The van der Waals surface area contributed by atoms with Crippen molar-refractivity contribution in [1.29, 1.82) is 0 Å². The molecule has 1 unspecified atom stereocenters. The predicted octanol–water partition coefficient (Wildman–Crippen LogP) is 2.94. The molecule has 1 aromatic carbocycles. The van der Waals surface area contributed by atoms with Gasteiger partial charge in [0.1, 0.15) is 12.4 Å². The van der Waals surface area contributed by atoms with Crippen LogP contribution in [-0.2, 0) is 4.79 Å². The first-order valence-electron chi connectivity index (χ1n) is 11.8. The summed E-state index contributed by atoms with van der Waals surface area (Å²) in [5.41, 5.74) is 2.17. The topological polar surface area (TPSA) is 61.8 Å². The Morgan fingerprint density at radius 1 is 1.06 bits per heavy atom. The van der Waals surface area contributed by atoms with Gasteiger partial charge in [0.2, 0.25) is 11.8 Å². The second kappa shape index (κ2) is 8.99. The molecule has 2 aromatic rings.